The minimum atomic E-state index is -3.43. The molecule has 1 saturated carbocycles. The Hall–Kier alpha value is -1.40. The molecule has 126 valence electrons. The van der Waals surface area contributed by atoms with Gasteiger partial charge in [-0.1, -0.05) is 13.8 Å². The molecule has 1 amide bonds. The van der Waals surface area contributed by atoms with Crippen LogP contribution in [-0.2, 0) is 14.8 Å². The maximum absolute atomic E-state index is 12.7. The second-order valence-corrected chi connectivity index (χ2v) is 8.88. The van der Waals surface area contributed by atoms with Crippen molar-refractivity contribution in [2.24, 2.45) is 17.8 Å². The van der Waals surface area contributed by atoms with Crippen LogP contribution in [0.5, 0.6) is 0 Å². The van der Waals surface area contributed by atoms with E-state index in [1.807, 2.05) is 0 Å². The van der Waals surface area contributed by atoms with Gasteiger partial charge in [0.05, 0.1) is 4.90 Å². The van der Waals surface area contributed by atoms with E-state index >= 15 is 0 Å². The average Bonchev–Trinajstić information content (AvgIpc) is 3.25. The summed E-state index contributed by atoms with van der Waals surface area (Å²) in [6.07, 6.45) is 2.93. The zero-order chi connectivity index (χ0) is 16.6. The second-order valence-electron chi connectivity index (χ2n) is 6.94. The van der Waals surface area contributed by atoms with Crippen LogP contribution >= 0.6 is 0 Å². The maximum Gasteiger partial charge on any atom is 0.243 e. The molecule has 5 nitrogen and oxygen atoms in total. The van der Waals surface area contributed by atoms with Crippen molar-refractivity contribution >= 4 is 21.6 Å². The van der Waals surface area contributed by atoms with E-state index in [0.29, 0.717) is 35.5 Å². The third-order valence-electron chi connectivity index (χ3n) is 4.83. The Bertz CT molecular complexity index is 684. The summed E-state index contributed by atoms with van der Waals surface area (Å²) >= 11 is 0. The van der Waals surface area contributed by atoms with Gasteiger partial charge in [0.15, 0.2) is 0 Å². The lowest BCUT2D eigenvalue weighted by atomic mass is 10.0. The summed E-state index contributed by atoms with van der Waals surface area (Å²) in [4.78, 5) is 12.2. The summed E-state index contributed by atoms with van der Waals surface area (Å²) in [6.45, 7) is 5.31. The van der Waals surface area contributed by atoms with Crippen molar-refractivity contribution in [2.75, 3.05) is 18.4 Å². The molecule has 3 rings (SSSR count). The third kappa shape index (κ3) is 3.58. The first-order valence-corrected chi connectivity index (χ1v) is 9.73. The van der Waals surface area contributed by atoms with Crippen LogP contribution in [0.25, 0.3) is 0 Å². The van der Waals surface area contributed by atoms with E-state index in [1.54, 1.807) is 28.6 Å². The molecule has 3 atom stereocenters. The van der Waals surface area contributed by atoms with Crippen LogP contribution in [0.4, 0.5) is 5.69 Å². The van der Waals surface area contributed by atoms with Gasteiger partial charge >= 0.3 is 0 Å². The number of hydrogen-bond donors (Lipinski definition) is 1. The van der Waals surface area contributed by atoms with Crippen LogP contribution in [0.3, 0.4) is 0 Å². The smallest absolute Gasteiger partial charge is 0.243 e. The minimum Gasteiger partial charge on any atom is -0.326 e. The van der Waals surface area contributed by atoms with Crippen molar-refractivity contribution in [3.63, 3.8) is 0 Å². The first-order valence-electron chi connectivity index (χ1n) is 8.29. The van der Waals surface area contributed by atoms with Gasteiger partial charge in [0.25, 0.3) is 0 Å². The lowest BCUT2D eigenvalue weighted by Gasteiger charge is -2.30. The first-order chi connectivity index (χ1) is 10.9. The van der Waals surface area contributed by atoms with E-state index in [1.165, 1.54) is 0 Å². The molecule has 0 unspecified atom stereocenters. The van der Waals surface area contributed by atoms with Gasteiger partial charge in [-0.2, -0.15) is 4.31 Å². The molecule has 2 fully saturated rings. The molecule has 2 aliphatic rings. The Kier molecular flexibility index (Phi) is 4.47. The fraction of sp³-hybridized carbons (Fsp3) is 0.588. The highest BCUT2D eigenvalue weighted by Gasteiger charge is 2.39. The molecule has 0 radical (unpaired) electrons. The molecule has 0 spiro atoms. The van der Waals surface area contributed by atoms with Crippen LogP contribution in [0.1, 0.15) is 33.1 Å². The number of hydrogen-bond acceptors (Lipinski definition) is 3. The van der Waals surface area contributed by atoms with Crippen LogP contribution in [-0.4, -0.2) is 31.7 Å². The van der Waals surface area contributed by atoms with Gasteiger partial charge in [-0.25, -0.2) is 8.42 Å². The normalized spacial score (nSPS) is 28.3. The Morgan fingerprint density at radius 2 is 1.87 bits per heavy atom. The van der Waals surface area contributed by atoms with Crippen molar-refractivity contribution in [3.05, 3.63) is 24.3 Å². The zero-order valence-electron chi connectivity index (χ0n) is 13.7. The largest absolute Gasteiger partial charge is 0.326 e. The van der Waals surface area contributed by atoms with Gasteiger partial charge in [-0.3, -0.25) is 4.79 Å². The molecule has 1 aliphatic carbocycles. The number of nitrogens with one attached hydrogen (secondary N) is 1. The molecule has 23 heavy (non-hydrogen) atoms. The molecule has 1 aromatic carbocycles. The van der Waals surface area contributed by atoms with Crippen LogP contribution in [0.2, 0.25) is 0 Å². The van der Waals surface area contributed by atoms with Crippen LogP contribution in [0, 0.1) is 17.8 Å². The summed E-state index contributed by atoms with van der Waals surface area (Å²) in [7, 11) is -3.43. The monoisotopic (exact) mass is 336 g/mol. The standard InChI is InChI=1S/C17H24N2O3S/c1-12-4-3-9-19(11-12)23(21,22)15-7-5-14(6-8-15)18-17(20)16-10-13(16)2/h5-8,12-13,16H,3-4,9-11H2,1-2H3,(H,18,20)/t12-,13-,16+/m1/s1. The number of amides is 1. The van der Waals surface area contributed by atoms with Crippen molar-refractivity contribution in [1.82, 2.24) is 4.31 Å². The molecule has 6 heteroatoms. The van der Waals surface area contributed by atoms with Gasteiger partial charge in [0.2, 0.25) is 15.9 Å². The van der Waals surface area contributed by atoms with E-state index in [4.69, 9.17) is 0 Å². The number of nitrogens with zero attached hydrogens (tertiary/aromatic N) is 1. The van der Waals surface area contributed by atoms with Crippen LogP contribution < -0.4 is 5.32 Å². The highest BCUT2D eigenvalue weighted by Crippen LogP contribution is 2.38. The molecular formula is C17H24N2O3S. The van der Waals surface area contributed by atoms with E-state index in [-0.39, 0.29) is 11.8 Å². The number of rotatable bonds is 4. The number of benzene rings is 1. The average molecular weight is 336 g/mol. The number of carbonyl (C=O) groups is 1. The van der Waals surface area contributed by atoms with Crippen molar-refractivity contribution in [1.29, 1.82) is 0 Å². The summed E-state index contributed by atoms with van der Waals surface area (Å²) in [5.74, 6) is 0.986. The fourth-order valence-electron chi connectivity index (χ4n) is 3.15. The Balaban J connectivity index is 1.69. The number of carbonyl (C=O) groups excluding carboxylic acids is 1. The topological polar surface area (TPSA) is 66.5 Å². The molecule has 0 aromatic heterocycles. The van der Waals surface area contributed by atoms with Gasteiger partial charge in [-0.05, 0) is 55.4 Å². The SMILES string of the molecule is C[C@@H]1CCCN(S(=O)(=O)c2ccc(NC(=O)[C@H]3C[C@H]3C)cc2)C1. The summed E-state index contributed by atoms with van der Waals surface area (Å²) in [6, 6.07) is 6.51. The Morgan fingerprint density at radius 3 is 2.43 bits per heavy atom. The van der Waals surface area contributed by atoms with Gasteiger partial charge < -0.3 is 5.32 Å². The molecule has 1 aromatic rings. The molecule has 0 bridgehead atoms. The first kappa shape index (κ1) is 16.5. The van der Waals surface area contributed by atoms with Gasteiger partial charge in [0, 0.05) is 24.7 Å². The molecule has 1 aliphatic heterocycles. The van der Waals surface area contributed by atoms with Crippen molar-refractivity contribution in [3.8, 4) is 0 Å². The highest BCUT2D eigenvalue weighted by atomic mass is 32.2. The second kappa shape index (κ2) is 6.24. The third-order valence-corrected chi connectivity index (χ3v) is 6.70. The Morgan fingerprint density at radius 1 is 1.22 bits per heavy atom. The summed E-state index contributed by atoms with van der Waals surface area (Å²) in [5, 5.41) is 2.85. The van der Waals surface area contributed by atoms with Crippen molar-refractivity contribution in [2.45, 2.75) is 38.0 Å². The Labute approximate surface area is 138 Å². The lowest BCUT2D eigenvalue weighted by molar-refractivity contribution is -0.117. The van der Waals surface area contributed by atoms with E-state index in [2.05, 4.69) is 19.2 Å². The zero-order valence-corrected chi connectivity index (χ0v) is 14.5. The summed E-state index contributed by atoms with van der Waals surface area (Å²) in [5.41, 5.74) is 0.653. The van der Waals surface area contributed by atoms with Crippen LogP contribution in [0.15, 0.2) is 29.2 Å². The number of anilines is 1. The predicted molar refractivity (Wildman–Crippen MR) is 89.5 cm³/mol. The lowest BCUT2D eigenvalue weighted by Crippen LogP contribution is -2.39. The van der Waals surface area contributed by atoms with E-state index in [9.17, 15) is 13.2 Å². The molecule has 1 N–H and O–H groups in total. The minimum absolute atomic E-state index is 0.0259. The van der Waals surface area contributed by atoms with E-state index < -0.39 is 10.0 Å². The predicted octanol–water partition coefficient (Wildman–Crippen LogP) is 2.70. The highest BCUT2D eigenvalue weighted by molar-refractivity contribution is 7.89. The molecule has 1 saturated heterocycles. The number of piperidine rings is 1. The summed E-state index contributed by atoms with van der Waals surface area (Å²) < 4.78 is 26.9. The van der Waals surface area contributed by atoms with Gasteiger partial charge in [0.1, 0.15) is 0 Å². The molecule has 1 heterocycles. The van der Waals surface area contributed by atoms with Gasteiger partial charge in [-0.15, -0.1) is 0 Å². The quantitative estimate of drug-likeness (QED) is 0.919. The number of sulfonamides is 1. The fourth-order valence-corrected chi connectivity index (χ4v) is 4.74. The molecular weight excluding hydrogens is 312 g/mol. The maximum atomic E-state index is 12.7. The van der Waals surface area contributed by atoms with E-state index in [0.717, 1.165) is 19.3 Å². The van der Waals surface area contributed by atoms with Crippen molar-refractivity contribution < 1.29 is 13.2 Å².